The average Bonchev–Trinajstić information content (AvgIpc) is 3.33. The summed E-state index contributed by atoms with van der Waals surface area (Å²) in [6.45, 7) is 9.99. The molecule has 0 aromatic heterocycles. The van der Waals surface area contributed by atoms with Crippen molar-refractivity contribution in [2.75, 3.05) is 13.7 Å². The highest BCUT2D eigenvalue weighted by Gasteiger charge is 2.79. The second-order valence-corrected chi connectivity index (χ2v) is 14.9. The first-order valence-electron chi connectivity index (χ1n) is 15.9. The number of Topliss-reactive ketones (excluding diaryl/α,β-unsaturated/α-hetero) is 1. The summed E-state index contributed by atoms with van der Waals surface area (Å²) in [6.07, 6.45) is 4.13. The van der Waals surface area contributed by atoms with Gasteiger partial charge in [-0.3, -0.25) is 9.59 Å². The lowest BCUT2D eigenvalue weighted by atomic mass is 9.55. The number of esters is 1. The van der Waals surface area contributed by atoms with E-state index >= 15 is 0 Å². The van der Waals surface area contributed by atoms with Gasteiger partial charge in [0.1, 0.15) is 23.9 Å². The van der Waals surface area contributed by atoms with Crippen LogP contribution in [0.25, 0.3) is 0 Å². The minimum absolute atomic E-state index is 0.0175. The van der Waals surface area contributed by atoms with Gasteiger partial charge in [0, 0.05) is 21.8 Å². The first-order valence-corrected chi connectivity index (χ1v) is 17.0. The Bertz CT molecular complexity index is 1730. The van der Waals surface area contributed by atoms with Crippen LogP contribution in [0.2, 0.25) is 0 Å². The summed E-state index contributed by atoms with van der Waals surface area (Å²) < 4.78 is 32.6. The van der Waals surface area contributed by atoms with Gasteiger partial charge >= 0.3 is 5.97 Å². The smallest absolute Gasteiger partial charge is 0.310 e. The molecular formula is C37H39IO9. The van der Waals surface area contributed by atoms with Crippen LogP contribution in [-0.4, -0.2) is 64.6 Å². The lowest BCUT2D eigenvalue weighted by Gasteiger charge is -2.59. The van der Waals surface area contributed by atoms with E-state index < -0.39 is 46.7 Å². The minimum atomic E-state index is -1.81. The second-order valence-electron chi connectivity index (χ2n) is 13.8. The highest BCUT2D eigenvalue weighted by Crippen LogP contribution is 2.68. The standard InChI is InChI=1S/C37H39IO9/c1-20(2)35-16-22(4)37-26(33(35)45-36(46-35,47-37)18-23-9-7-6-8-10-23)12-24(17-34(42)30(37)11-21(3)32(34)41)19-44-31(40)14-25-13-29(43-5)28(39)15-27(25)38/h6-13,15,22,26,30,33,39,42H,1,14,16-19H2,2-5H3/t22-,26?,30-,33-,34-,35-,36-,37-/m1/s1. The van der Waals surface area contributed by atoms with Crippen LogP contribution in [0.15, 0.2) is 77.9 Å². The number of aromatic hydroxyl groups is 1. The van der Waals surface area contributed by atoms with Gasteiger partial charge in [-0.25, -0.2) is 0 Å². The number of rotatable bonds is 8. The minimum Gasteiger partial charge on any atom is -0.504 e. The molecule has 0 radical (unpaired) electrons. The maximum atomic E-state index is 13.8. The third kappa shape index (κ3) is 4.85. The Morgan fingerprint density at radius 1 is 1.17 bits per heavy atom. The third-order valence-electron chi connectivity index (χ3n) is 10.8. The van der Waals surface area contributed by atoms with E-state index in [1.165, 1.54) is 13.2 Å². The largest absolute Gasteiger partial charge is 0.504 e. The summed E-state index contributed by atoms with van der Waals surface area (Å²) in [7, 11) is 1.44. The van der Waals surface area contributed by atoms with E-state index in [9.17, 15) is 19.8 Å². The van der Waals surface area contributed by atoms with Gasteiger partial charge in [0.15, 0.2) is 17.3 Å². The number of phenols is 1. The number of hydrogen-bond acceptors (Lipinski definition) is 9. The number of phenolic OH excluding ortho intramolecular Hbond substituents is 1. The van der Waals surface area contributed by atoms with Gasteiger partial charge in [0.2, 0.25) is 0 Å². The Kier molecular flexibility index (Phi) is 7.79. The van der Waals surface area contributed by atoms with Gasteiger partial charge in [-0.05, 0) is 88.8 Å². The van der Waals surface area contributed by atoms with Crippen molar-refractivity contribution in [3.05, 3.63) is 92.6 Å². The third-order valence-corrected chi connectivity index (χ3v) is 11.8. The fraction of sp³-hybridized carbons (Fsp3) is 0.459. The summed E-state index contributed by atoms with van der Waals surface area (Å²) in [5, 5.41) is 22.5. The molecule has 2 aromatic carbocycles. The van der Waals surface area contributed by atoms with Gasteiger partial charge in [-0.15, -0.1) is 0 Å². The normalized spacial score (nSPS) is 36.6. The number of fused-ring (bicyclic) bond motifs is 2. The Hall–Kier alpha value is -3.03. The maximum Gasteiger partial charge on any atom is 0.310 e. The van der Waals surface area contributed by atoms with Gasteiger partial charge in [0.25, 0.3) is 5.97 Å². The molecule has 8 atom stereocenters. The van der Waals surface area contributed by atoms with Crippen molar-refractivity contribution in [3.63, 3.8) is 0 Å². The molecule has 1 saturated carbocycles. The van der Waals surface area contributed by atoms with Crippen molar-refractivity contribution in [2.24, 2.45) is 17.8 Å². The summed E-state index contributed by atoms with van der Waals surface area (Å²) >= 11 is 2.05. The zero-order valence-corrected chi connectivity index (χ0v) is 29.0. The van der Waals surface area contributed by atoms with Gasteiger partial charge in [0.05, 0.1) is 25.6 Å². The molecule has 2 aliphatic heterocycles. The van der Waals surface area contributed by atoms with Crippen LogP contribution in [-0.2, 0) is 41.4 Å². The molecule has 10 heteroatoms. The van der Waals surface area contributed by atoms with Crippen molar-refractivity contribution in [1.29, 1.82) is 0 Å². The summed E-state index contributed by atoms with van der Waals surface area (Å²) in [5.74, 6) is -3.37. The van der Waals surface area contributed by atoms with E-state index in [0.717, 1.165) is 11.1 Å². The van der Waals surface area contributed by atoms with Crippen molar-refractivity contribution in [3.8, 4) is 11.5 Å². The summed E-state index contributed by atoms with van der Waals surface area (Å²) in [6, 6.07) is 13.0. The highest BCUT2D eigenvalue weighted by atomic mass is 127. The number of carbonyl (C=O) groups excluding carboxylic acids is 2. The maximum absolute atomic E-state index is 13.8. The van der Waals surface area contributed by atoms with Crippen LogP contribution in [0.3, 0.4) is 0 Å². The molecule has 2 saturated heterocycles. The Balaban J connectivity index is 1.27. The molecule has 47 heavy (non-hydrogen) atoms. The summed E-state index contributed by atoms with van der Waals surface area (Å²) in [4.78, 5) is 27.0. The molecule has 1 unspecified atom stereocenters. The number of ether oxygens (including phenoxy) is 5. The Morgan fingerprint density at radius 2 is 1.91 bits per heavy atom. The van der Waals surface area contributed by atoms with E-state index in [1.807, 2.05) is 49.4 Å². The van der Waals surface area contributed by atoms with Crippen LogP contribution in [0.5, 0.6) is 11.5 Å². The molecule has 3 fully saturated rings. The molecule has 0 spiro atoms. The van der Waals surface area contributed by atoms with E-state index in [2.05, 4.69) is 36.1 Å². The van der Waals surface area contributed by atoms with Gasteiger partial charge in [-0.1, -0.05) is 56.0 Å². The monoisotopic (exact) mass is 754 g/mol. The van der Waals surface area contributed by atoms with Crippen molar-refractivity contribution >= 4 is 34.3 Å². The molecule has 0 amide bonds. The van der Waals surface area contributed by atoms with Crippen LogP contribution in [0, 0.1) is 21.3 Å². The molecule has 3 bridgehead atoms. The first-order chi connectivity index (χ1) is 22.3. The number of carbonyl (C=O) groups is 2. The number of ketones is 1. The van der Waals surface area contributed by atoms with E-state index in [-0.39, 0.29) is 42.6 Å². The fourth-order valence-electron chi connectivity index (χ4n) is 8.75. The topological polar surface area (TPSA) is 121 Å². The molecule has 7 rings (SSSR count). The molecule has 248 valence electrons. The second kappa shape index (κ2) is 11.3. The number of benzene rings is 2. The van der Waals surface area contributed by atoms with Crippen molar-refractivity contribution in [2.45, 2.75) is 75.3 Å². The number of aliphatic hydroxyl groups is 1. The Labute approximate surface area is 287 Å². The zero-order valence-electron chi connectivity index (χ0n) is 26.9. The Morgan fingerprint density at radius 3 is 2.62 bits per heavy atom. The predicted octanol–water partition coefficient (Wildman–Crippen LogP) is 5.35. The SMILES string of the molecule is C=C(C)[C@]12C[C@@H](C)[C@@]34O[C@](Cc5ccccc5)(O[C@@H]1C3C=C(COC(=O)Cc1cc(OC)c(O)cc1I)C[C@]1(O)C(=O)C(C)=C[C@@H]41)O2. The summed E-state index contributed by atoms with van der Waals surface area (Å²) in [5.41, 5.74) is -0.221. The molecule has 5 aliphatic rings. The molecule has 2 N–H and O–H groups in total. The lowest BCUT2D eigenvalue weighted by Crippen LogP contribution is -2.70. The van der Waals surface area contributed by atoms with Crippen LogP contribution >= 0.6 is 22.6 Å². The average molecular weight is 755 g/mol. The highest BCUT2D eigenvalue weighted by molar-refractivity contribution is 14.1. The van der Waals surface area contributed by atoms with Gasteiger partial charge < -0.3 is 33.9 Å². The fourth-order valence-corrected chi connectivity index (χ4v) is 9.39. The van der Waals surface area contributed by atoms with Crippen LogP contribution in [0.4, 0.5) is 0 Å². The molecular weight excluding hydrogens is 715 g/mol. The lowest BCUT2D eigenvalue weighted by molar-refractivity contribution is -0.421. The first kappa shape index (κ1) is 32.5. The number of methoxy groups -OCH3 is 1. The van der Waals surface area contributed by atoms with E-state index in [1.54, 1.807) is 13.0 Å². The molecule has 3 aliphatic carbocycles. The van der Waals surface area contributed by atoms with Crippen LogP contribution < -0.4 is 4.74 Å². The molecule has 2 aromatic rings. The number of hydrogen-bond donors (Lipinski definition) is 2. The van der Waals surface area contributed by atoms with Gasteiger partial charge in [-0.2, -0.15) is 0 Å². The molecule has 9 nitrogen and oxygen atoms in total. The quantitative estimate of drug-likeness (QED) is 0.209. The number of halogens is 1. The van der Waals surface area contributed by atoms with Crippen molar-refractivity contribution < 1.29 is 43.5 Å². The zero-order chi connectivity index (χ0) is 33.5. The molecule has 2 heterocycles. The van der Waals surface area contributed by atoms with Crippen molar-refractivity contribution in [1.82, 2.24) is 0 Å². The van der Waals surface area contributed by atoms with E-state index in [4.69, 9.17) is 23.7 Å². The predicted molar refractivity (Wildman–Crippen MR) is 179 cm³/mol. The van der Waals surface area contributed by atoms with E-state index in [0.29, 0.717) is 33.1 Å². The van der Waals surface area contributed by atoms with Crippen LogP contribution in [0.1, 0.15) is 44.7 Å².